The highest BCUT2D eigenvalue weighted by Crippen LogP contribution is 2.15. The molecule has 0 bridgehead atoms. The molecule has 1 heterocycles. The Morgan fingerprint density at radius 2 is 2.15 bits per heavy atom. The van der Waals surface area contributed by atoms with Crippen LogP contribution in [0.15, 0.2) is 10.5 Å². The van der Waals surface area contributed by atoms with Gasteiger partial charge in [-0.15, -0.1) is 0 Å². The normalized spacial score (nSPS) is 9.92. The number of halogens is 1. The number of hydrogen-bond acceptors (Lipinski definition) is 4. The first-order chi connectivity index (χ1) is 6.06. The quantitative estimate of drug-likeness (QED) is 0.711. The summed E-state index contributed by atoms with van der Waals surface area (Å²) in [6, 6.07) is 1.58. The monoisotopic (exact) mass is 245 g/mol. The number of ether oxygens (including phenoxy) is 1. The number of nitrogens with zero attached hydrogens (tertiary/aromatic N) is 1. The van der Waals surface area contributed by atoms with Gasteiger partial charge in [-0.3, -0.25) is 0 Å². The first-order valence-corrected chi connectivity index (χ1v) is 4.42. The van der Waals surface area contributed by atoms with Crippen molar-refractivity contribution in [3.05, 3.63) is 16.2 Å². The van der Waals surface area contributed by atoms with E-state index < -0.39 is 7.12 Å². The van der Waals surface area contributed by atoms with Gasteiger partial charge in [0.2, 0.25) is 5.88 Å². The highest BCUT2D eigenvalue weighted by atomic mass is 79.9. The van der Waals surface area contributed by atoms with Crippen molar-refractivity contribution >= 4 is 28.5 Å². The van der Waals surface area contributed by atoms with E-state index in [-0.39, 0.29) is 11.3 Å². The molecule has 0 unspecified atom stereocenters. The summed E-state index contributed by atoms with van der Waals surface area (Å²) >= 11 is 3.24. The lowest BCUT2D eigenvalue weighted by Crippen LogP contribution is -2.32. The number of aromatic nitrogens is 1. The van der Waals surface area contributed by atoms with Crippen LogP contribution in [0.25, 0.3) is 0 Å². The molecule has 13 heavy (non-hydrogen) atoms. The number of methoxy groups -OCH3 is 1. The van der Waals surface area contributed by atoms with Crippen LogP contribution >= 0.6 is 15.9 Å². The van der Waals surface area contributed by atoms with Crippen LogP contribution in [0, 0.1) is 6.92 Å². The molecule has 0 saturated heterocycles. The molecule has 6 heteroatoms. The maximum Gasteiger partial charge on any atom is 0.494 e. The Morgan fingerprint density at radius 1 is 1.54 bits per heavy atom. The molecule has 4 nitrogen and oxygen atoms in total. The van der Waals surface area contributed by atoms with Crippen LogP contribution in [-0.2, 0) is 0 Å². The van der Waals surface area contributed by atoms with Crippen molar-refractivity contribution in [1.82, 2.24) is 4.98 Å². The standard InChI is InChI=1S/C7H9BBrNO3/c1-4-6(9)3-5(8(11)12)7(10-4)13-2/h3,11-12H,1-2H3. The molecule has 0 saturated carbocycles. The van der Waals surface area contributed by atoms with Crippen LogP contribution in [0.1, 0.15) is 5.69 Å². The number of pyridine rings is 1. The van der Waals surface area contributed by atoms with E-state index in [1.54, 1.807) is 13.0 Å². The second kappa shape index (κ2) is 4.08. The van der Waals surface area contributed by atoms with Crippen molar-refractivity contribution in [2.24, 2.45) is 0 Å². The van der Waals surface area contributed by atoms with Gasteiger partial charge >= 0.3 is 7.12 Å². The fraction of sp³-hybridized carbons (Fsp3) is 0.286. The van der Waals surface area contributed by atoms with E-state index in [1.807, 2.05) is 0 Å². The van der Waals surface area contributed by atoms with Crippen LogP contribution in [-0.4, -0.2) is 29.3 Å². The fourth-order valence-electron chi connectivity index (χ4n) is 0.921. The van der Waals surface area contributed by atoms with Crippen LogP contribution in [0.2, 0.25) is 0 Å². The highest BCUT2D eigenvalue weighted by molar-refractivity contribution is 9.10. The molecule has 0 fully saturated rings. The molecule has 2 N–H and O–H groups in total. The maximum atomic E-state index is 8.97. The zero-order chi connectivity index (χ0) is 10.0. The topological polar surface area (TPSA) is 62.6 Å². The first-order valence-electron chi connectivity index (χ1n) is 3.63. The fourth-order valence-corrected chi connectivity index (χ4v) is 1.26. The van der Waals surface area contributed by atoms with Crippen molar-refractivity contribution < 1.29 is 14.8 Å². The molecule has 0 amide bonds. The van der Waals surface area contributed by atoms with Gasteiger partial charge in [-0.05, 0) is 28.9 Å². The van der Waals surface area contributed by atoms with Crippen molar-refractivity contribution in [2.45, 2.75) is 6.92 Å². The minimum atomic E-state index is -1.57. The average Bonchev–Trinajstić information content (AvgIpc) is 2.08. The molecule has 0 spiro atoms. The van der Waals surface area contributed by atoms with Crippen LogP contribution in [0.4, 0.5) is 0 Å². The Hall–Kier alpha value is -0.585. The van der Waals surface area contributed by atoms with Gasteiger partial charge in [-0.25, -0.2) is 4.98 Å². The summed E-state index contributed by atoms with van der Waals surface area (Å²) in [7, 11) is -0.138. The van der Waals surface area contributed by atoms with Gasteiger partial charge in [0.05, 0.1) is 12.8 Å². The van der Waals surface area contributed by atoms with E-state index >= 15 is 0 Å². The second-order valence-corrected chi connectivity index (χ2v) is 3.38. The molecule has 0 aliphatic carbocycles. The lowest BCUT2D eigenvalue weighted by Gasteiger charge is -2.08. The van der Waals surface area contributed by atoms with Gasteiger partial charge < -0.3 is 14.8 Å². The van der Waals surface area contributed by atoms with Gasteiger partial charge in [0.1, 0.15) is 0 Å². The average molecular weight is 246 g/mol. The van der Waals surface area contributed by atoms with E-state index in [0.29, 0.717) is 0 Å². The summed E-state index contributed by atoms with van der Waals surface area (Å²) in [5, 5.41) is 17.9. The van der Waals surface area contributed by atoms with Crippen molar-refractivity contribution in [3.63, 3.8) is 0 Å². The molecule has 0 radical (unpaired) electrons. The third kappa shape index (κ3) is 2.21. The zero-order valence-corrected chi connectivity index (χ0v) is 8.87. The Labute approximate surface area is 84.8 Å². The molecule has 0 aliphatic heterocycles. The molecule has 70 valence electrons. The predicted molar refractivity (Wildman–Crippen MR) is 53.1 cm³/mol. The minimum Gasteiger partial charge on any atom is -0.481 e. The molecule has 0 aromatic carbocycles. The van der Waals surface area contributed by atoms with Crippen molar-refractivity contribution in [2.75, 3.05) is 7.11 Å². The van der Waals surface area contributed by atoms with E-state index in [2.05, 4.69) is 20.9 Å². The maximum absolute atomic E-state index is 8.97. The van der Waals surface area contributed by atoms with Gasteiger partial charge in [0.15, 0.2) is 0 Å². The van der Waals surface area contributed by atoms with Gasteiger partial charge in [0, 0.05) is 9.94 Å². The van der Waals surface area contributed by atoms with Crippen LogP contribution in [0.5, 0.6) is 5.88 Å². The van der Waals surface area contributed by atoms with Gasteiger partial charge in [0.25, 0.3) is 0 Å². The molecular formula is C7H9BBrNO3. The van der Waals surface area contributed by atoms with Crippen molar-refractivity contribution in [1.29, 1.82) is 0 Å². The third-order valence-corrected chi connectivity index (χ3v) is 2.42. The van der Waals surface area contributed by atoms with E-state index in [1.165, 1.54) is 7.11 Å². The lowest BCUT2D eigenvalue weighted by atomic mass is 9.81. The highest BCUT2D eigenvalue weighted by Gasteiger charge is 2.19. The summed E-state index contributed by atoms with van der Waals surface area (Å²) in [6.45, 7) is 1.79. The molecular weight excluding hydrogens is 237 g/mol. The Morgan fingerprint density at radius 3 is 2.62 bits per heavy atom. The largest absolute Gasteiger partial charge is 0.494 e. The second-order valence-electron chi connectivity index (χ2n) is 2.53. The summed E-state index contributed by atoms with van der Waals surface area (Å²) in [5.74, 6) is 0.232. The zero-order valence-electron chi connectivity index (χ0n) is 7.28. The molecule has 0 aliphatic rings. The smallest absolute Gasteiger partial charge is 0.481 e. The number of rotatable bonds is 2. The summed E-state index contributed by atoms with van der Waals surface area (Å²) in [5.41, 5.74) is 0.987. The molecule has 0 atom stereocenters. The molecule has 1 aromatic heterocycles. The third-order valence-electron chi connectivity index (χ3n) is 1.62. The van der Waals surface area contributed by atoms with Crippen LogP contribution in [0.3, 0.4) is 0 Å². The molecule has 1 rings (SSSR count). The first kappa shape index (κ1) is 10.5. The lowest BCUT2D eigenvalue weighted by molar-refractivity contribution is 0.390. The number of hydrogen-bond donors (Lipinski definition) is 2. The summed E-state index contributed by atoms with van der Waals surface area (Å²) < 4.78 is 5.61. The Kier molecular flexibility index (Phi) is 3.30. The Bertz CT molecular complexity index is 319. The van der Waals surface area contributed by atoms with E-state index in [0.717, 1.165) is 10.2 Å². The Balaban J connectivity index is 3.25. The summed E-state index contributed by atoms with van der Waals surface area (Å²) in [6.07, 6.45) is 0. The molecule has 1 aromatic rings. The summed E-state index contributed by atoms with van der Waals surface area (Å²) in [4.78, 5) is 4.02. The van der Waals surface area contributed by atoms with E-state index in [4.69, 9.17) is 14.8 Å². The number of aryl methyl sites for hydroxylation is 1. The van der Waals surface area contributed by atoms with Crippen LogP contribution < -0.4 is 10.2 Å². The predicted octanol–water partition coefficient (Wildman–Crippen LogP) is -0.159. The minimum absolute atomic E-state index is 0.232. The SMILES string of the molecule is COc1nc(C)c(Br)cc1B(O)O. The van der Waals surface area contributed by atoms with E-state index in [9.17, 15) is 0 Å². The van der Waals surface area contributed by atoms with Crippen molar-refractivity contribution in [3.8, 4) is 5.88 Å². The van der Waals surface area contributed by atoms with Gasteiger partial charge in [-0.1, -0.05) is 0 Å². The van der Waals surface area contributed by atoms with Gasteiger partial charge in [-0.2, -0.15) is 0 Å².